The third-order valence-electron chi connectivity index (χ3n) is 3.88. The summed E-state index contributed by atoms with van der Waals surface area (Å²) in [5.41, 5.74) is 0. The van der Waals surface area contributed by atoms with Gasteiger partial charge >= 0.3 is 0 Å². The molecule has 0 rings (SSSR count). The quantitative estimate of drug-likeness (QED) is 0.393. The standard InChI is InChI=1S/C18H37NO.C2H7N/c1-3-5-6-7-8-9-10-11-12-13-14-15-16-17-18(20)19-4-2;1-3-2/h3-17H2,1-2H3,(H,19,20);3H,1-2H3. The summed E-state index contributed by atoms with van der Waals surface area (Å²) in [6.45, 7) is 5.01. The molecule has 140 valence electrons. The number of hydrogen-bond donors (Lipinski definition) is 2. The highest BCUT2D eigenvalue weighted by Gasteiger charge is 1.98. The fourth-order valence-corrected chi connectivity index (χ4v) is 2.59. The Morgan fingerprint density at radius 3 is 1.35 bits per heavy atom. The predicted octanol–water partition coefficient (Wildman–Crippen LogP) is 5.44. The molecule has 3 heteroatoms. The van der Waals surface area contributed by atoms with Crippen LogP contribution in [0.4, 0.5) is 0 Å². The highest BCUT2D eigenvalue weighted by atomic mass is 16.1. The largest absolute Gasteiger partial charge is 0.356 e. The summed E-state index contributed by atoms with van der Waals surface area (Å²) < 4.78 is 0. The number of carbonyl (C=O) groups is 1. The van der Waals surface area contributed by atoms with Crippen molar-refractivity contribution in [2.24, 2.45) is 0 Å². The van der Waals surface area contributed by atoms with E-state index in [1.165, 1.54) is 77.0 Å². The smallest absolute Gasteiger partial charge is 0.219 e. The lowest BCUT2D eigenvalue weighted by molar-refractivity contribution is -0.121. The van der Waals surface area contributed by atoms with Gasteiger partial charge in [0.05, 0.1) is 0 Å². The van der Waals surface area contributed by atoms with Crippen LogP contribution in [0.15, 0.2) is 0 Å². The van der Waals surface area contributed by atoms with E-state index in [0.29, 0.717) is 6.42 Å². The fourth-order valence-electron chi connectivity index (χ4n) is 2.59. The number of carbonyl (C=O) groups excluding carboxylic acids is 1. The lowest BCUT2D eigenvalue weighted by atomic mass is 10.0. The molecule has 0 saturated heterocycles. The van der Waals surface area contributed by atoms with Gasteiger partial charge in [-0.2, -0.15) is 0 Å². The van der Waals surface area contributed by atoms with Crippen LogP contribution in [0.2, 0.25) is 0 Å². The number of hydrogen-bond acceptors (Lipinski definition) is 2. The second-order valence-corrected chi connectivity index (χ2v) is 6.45. The molecular weight excluding hydrogens is 284 g/mol. The molecule has 0 aliphatic carbocycles. The molecule has 0 fully saturated rings. The average Bonchev–Trinajstić information content (AvgIpc) is 2.53. The van der Waals surface area contributed by atoms with Crippen molar-refractivity contribution in [1.82, 2.24) is 10.6 Å². The van der Waals surface area contributed by atoms with Crippen LogP contribution in [-0.2, 0) is 4.79 Å². The second-order valence-electron chi connectivity index (χ2n) is 6.45. The van der Waals surface area contributed by atoms with Crippen LogP contribution in [0.1, 0.15) is 104 Å². The Morgan fingerprint density at radius 2 is 1.00 bits per heavy atom. The van der Waals surface area contributed by atoms with E-state index in [9.17, 15) is 4.79 Å². The zero-order valence-corrected chi connectivity index (χ0v) is 16.5. The minimum absolute atomic E-state index is 0.218. The number of amides is 1. The van der Waals surface area contributed by atoms with E-state index in [-0.39, 0.29) is 5.91 Å². The van der Waals surface area contributed by atoms with E-state index in [0.717, 1.165) is 13.0 Å². The van der Waals surface area contributed by atoms with E-state index in [4.69, 9.17) is 0 Å². The Morgan fingerprint density at radius 1 is 0.652 bits per heavy atom. The van der Waals surface area contributed by atoms with Crippen molar-refractivity contribution in [3.63, 3.8) is 0 Å². The third kappa shape index (κ3) is 26.6. The summed E-state index contributed by atoms with van der Waals surface area (Å²) in [6.07, 6.45) is 18.4. The van der Waals surface area contributed by atoms with Gasteiger partial charge in [-0.15, -0.1) is 0 Å². The first-order valence-electron chi connectivity index (χ1n) is 10.1. The Labute approximate surface area is 146 Å². The van der Waals surface area contributed by atoms with Crippen LogP contribution in [0, 0.1) is 0 Å². The Bertz CT molecular complexity index is 220. The lowest BCUT2D eigenvalue weighted by Gasteiger charge is -2.03. The van der Waals surface area contributed by atoms with Crippen molar-refractivity contribution in [1.29, 1.82) is 0 Å². The highest BCUT2D eigenvalue weighted by molar-refractivity contribution is 5.75. The van der Waals surface area contributed by atoms with Gasteiger partial charge in [-0.3, -0.25) is 4.79 Å². The minimum atomic E-state index is 0.218. The lowest BCUT2D eigenvalue weighted by Crippen LogP contribution is -2.21. The van der Waals surface area contributed by atoms with Crippen LogP contribution in [0.3, 0.4) is 0 Å². The molecule has 0 radical (unpaired) electrons. The van der Waals surface area contributed by atoms with Crippen molar-refractivity contribution in [2.75, 3.05) is 20.6 Å². The normalized spacial score (nSPS) is 10.1. The molecule has 0 atom stereocenters. The second kappa shape index (κ2) is 23.7. The van der Waals surface area contributed by atoms with Gasteiger partial charge in [0, 0.05) is 13.0 Å². The van der Waals surface area contributed by atoms with Crippen LogP contribution in [-0.4, -0.2) is 26.5 Å². The van der Waals surface area contributed by atoms with Gasteiger partial charge in [-0.25, -0.2) is 0 Å². The maximum Gasteiger partial charge on any atom is 0.219 e. The van der Waals surface area contributed by atoms with Crippen LogP contribution < -0.4 is 10.6 Å². The maximum absolute atomic E-state index is 11.2. The Kier molecular flexibility index (Phi) is 25.4. The first-order chi connectivity index (χ1) is 11.2. The molecule has 0 aromatic heterocycles. The summed E-state index contributed by atoms with van der Waals surface area (Å²) >= 11 is 0. The van der Waals surface area contributed by atoms with Gasteiger partial charge in [0.15, 0.2) is 0 Å². The maximum atomic E-state index is 11.2. The van der Waals surface area contributed by atoms with E-state index >= 15 is 0 Å². The minimum Gasteiger partial charge on any atom is -0.356 e. The van der Waals surface area contributed by atoms with E-state index in [1.807, 2.05) is 21.0 Å². The molecule has 0 aliphatic heterocycles. The van der Waals surface area contributed by atoms with E-state index in [1.54, 1.807) is 0 Å². The first kappa shape index (κ1) is 24.7. The molecule has 1 amide bonds. The zero-order valence-electron chi connectivity index (χ0n) is 16.5. The molecule has 0 spiro atoms. The number of unbranched alkanes of at least 4 members (excludes halogenated alkanes) is 12. The molecule has 2 N–H and O–H groups in total. The number of rotatable bonds is 15. The monoisotopic (exact) mass is 328 g/mol. The predicted molar refractivity (Wildman–Crippen MR) is 104 cm³/mol. The first-order valence-corrected chi connectivity index (χ1v) is 10.1. The van der Waals surface area contributed by atoms with Crippen LogP contribution in [0.25, 0.3) is 0 Å². The van der Waals surface area contributed by atoms with Gasteiger partial charge in [0.25, 0.3) is 0 Å². The Hall–Kier alpha value is -0.570. The van der Waals surface area contributed by atoms with Gasteiger partial charge in [-0.1, -0.05) is 84.0 Å². The van der Waals surface area contributed by atoms with E-state index in [2.05, 4.69) is 17.6 Å². The summed E-state index contributed by atoms with van der Waals surface area (Å²) in [7, 11) is 3.75. The van der Waals surface area contributed by atoms with Gasteiger partial charge < -0.3 is 10.6 Å². The molecule has 3 nitrogen and oxygen atoms in total. The topological polar surface area (TPSA) is 41.1 Å². The zero-order chi connectivity index (χ0) is 17.6. The summed E-state index contributed by atoms with van der Waals surface area (Å²) in [5, 5.41) is 5.60. The molecule has 0 saturated carbocycles. The van der Waals surface area contributed by atoms with Gasteiger partial charge in [0.1, 0.15) is 0 Å². The average molecular weight is 329 g/mol. The van der Waals surface area contributed by atoms with Crippen molar-refractivity contribution in [2.45, 2.75) is 104 Å². The summed E-state index contributed by atoms with van der Waals surface area (Å²) in [4.78, 5) is 11.2. The fraction of sp³-hybridized carbons (Fsp3) is 0.950. The third-order valence-corrected chi connectivity index (χ3v) is 3.88. The van der Waals surface area contributed by atoms with Crippen molar-refractivity contribution >= 4 is 5.91 Å². The molecule has 0 aromatic carbocycles. The highest BCUT2D eigenvalue weighted by Crippen LogP contribution is 2.12. The molecule has 0 heterocycles. The summed E-state index contributed by atoms with van der Waals surface area (Å²) in [6, 6.07) is 0. The molecule has 0 aliphatic rings. The van der Waals surface area contributed by atoms with Crippen molar-refractivity contribution in [3.8, 4) is 0 Å². The van der Waals surface area contributed by atoms with Gasteiger partial charge in [0.2, 0.25) is 5.91 Å². The van der Waals surface area contributed by atoms with Crippen LogP contribution >= 0.6 is 0 Å². The molecule has 23 heavy (non-hydrogen) atoms. The molecule has 0 unspecified atom stereocenters. The van der Waals surface area contributed by atoms with E-state index < -0.39 is 0 Å². The van der Waals surface area contributed by atoms with Crippen LogP contribution in [0.5, 0.6) is 0 Å². The Balaban J connectivity index is 0. The summed E-state index contributed by atoms with van der Waals surface area (Å²) in [5.74, 6) is 0.218. The van der Waals surface area contributed by atoms with Crippen molar-refractivity contribution in [3.05, 3.63) is 0 Å². The van der Waals surface area contributed by atoms with Gasteiger partial charge in [-0.05, 0) is 27.4 Å². The number of nitrogens with one attached hydrogen (secondary N) is 2. The van der Waals surface area contributed by atoms with Crippen molar-refractivity contribution < 1.29 is 4.79 Å². The molecular formula is C20H44N2O. The SMILES string of the molecule is CCCCCCCCCCCCCCCC(=O)NCC.CNC. The molecule has 0 aromatic rings. The molecule has 0 bridgehead atoms.